The van der Waals surface area contributed by atoms with Crippen LogP contribution in [-0.4, -0.2) is 55.4 Å². The Kier molecular flexibility index (Phi) is 8.81. The number of rotatable bonds is 11. The maximum Gasteiger partial charge on any atom is 0.356 e. The largest absolute Gasteiger partial charge is 0.476 e. The second kappa shape index (κ2) is 12.3. The van der Waals surface area contributed by atoms with Crippen LogP contribution in [0.25, 0.3) is 5.69 Å². The Morgan fingerprint density at radius 2 is 1.76 bits per heavy atom. The molecule has 4 rings (SSSR count). The number of nitrogens with zero attached hydrogens (tertiary/aromatic N) is 2. The molecule has 0 fully saturated rings. The van der Waals surface area contributed by atoms with E-state index in [2.05, 4.69) is 15.1 Å². The number of amides is 1. The minimum absolute atomic E-state index is 0.0478. The second-order valence-electron chi connectivity index (χ2n) is 8.90. The molecule has 0 radical (unpaired) electrons. The Morgan fingerprint density at radius 3 is 2.41 bits per heavy atom. The Hall–Kier alpha value is -4.59. The van der Waals surface area contributed by atoms with Gasteiger partial charge in [-0.25, -0.2) is 22.3 Å². The third-order valence-corrected chi connectivity index (χ3v) is 7.51. The molecule has 13 heteroatoms. The Balaban J connectivity index is 1.79. The first kappa shape index (κ1) is 29.4. The highest BCUT2D eigenvalue weighted by molar-refractivity contribution is 7.89. The van der Waals surface area contributed by atoms with E-state index in [1.165, 1.54) is 44.4 Å². The highest BCUT2D eigenvalue weighted by Gasteiger charge is 2.26. The van der Waals surface area contributed by atoms with Gasteiger partial charge in [-0.3, -0.25) is 4.79 Å². The number of benzene rings is 3. The van der Waals surface area contributed by atoms with E-state index in [0.717, 1.165) is 22.4 Å². The molecular weight excluding hydrogens is 555 g/mol. The van der Waals surface area contributed by atoms with Crippen molar-refractivity contribution in [2.45, 2.75) is 18.7 Å². The molecule has 0 atom stereocenters. The number of ether oxygens (including phenoxy) is 2. The van der Waals surface area contributed by atoms with Gasteiger partial charge in [-0.05, 0) is 67.9 Å². The Bertz CT molecular complexity index is 1700. The molecule has 3 aromatic carbocycles. The minimum atomic E-state index is -4.22. The van der Waals surface area contributed by atoms with Crippen molar-refractivity contribution < 1.29 is 37.0 Å². The van der Waals surface area contributed by atoms with E-state index >= 15 is 0 Å². The van der Waals surface area contributed by atoms with Crippen LogP contribution in [0.5, 0.6) is 11.6 Å². The van der Waals surface area contributed by atoms with Gasteiger partial charge in [0, 0.05) is 30.5 Å². The molecule has 1 amide bonds. The predicted molar refractivity (Wildman–Crippen MR) is 148 cm³/mol. The van der Waals surface area contributed by atoms with Crippen molar-refractivity contribution in [2.75, 3.05) is 25.6 Å². The fourth-order valence-electron chi connectivity index (χ4n) is 3.93. The van der Waals surface area contributed by atoms with Crippen LogP contribution in [0, 0.1) is 19.7 Å². The first-order valence-corrected chi connectivity index (χ1v) is 13.8. The van der Waals surface area contributed by atoms with Crippen molar-refractivity contribution in [3.05, 3.63) is 94.9 Å². The first-order chi connectivity index (χ1) is 19.5. The molecular formula is C28H27FN4O7S. The van der Waals surface area contributed by atoms with Gasteiger partial charge in [0.05, 0.1) is 12.3 Å². The van der Waals surface area contributed by atoms with E-state index in [0.29, 0.717) is 5.56 Å². The fraction of sp³-hybridized carbons (Fsp3) is 0.179. The number of hydrogen-bond acceptors (Lipinski definition) is 7. The number of carboxylic acids is 1. The van der Waals surface area contributed by atoms with Gasteiger partial charge in [0.25, 0.3) is 5.91 Å². The van der Waals surface area contributed by atoms with Crippen LogP contribution in [-0.2, 0) is 14.8 Å². The van der Waals surface area contributed by atoms with E-state index in [4.69, 9.17) is 9.47 Å². The van der Waals surface area contributed by atoms with Crippen molar-refractivity contribution in [3.8, 4) is 17.3 Å². The summed E-state index contributed by atoms with van der Waals surface area (Å²) in [6, 6.07) is 16.0. The molecule has 3 N–H and O–H groups in total. The Labute approximate surface area is 235 Å². The van der Waals surface area contributed by atoms with Crippen molar-refractivity contribution in [2.24, 2.45) is 0 Å². The van der Waals surface area contributed by atoms with Gasteiger partial charge in [-0.1, -0.05) is 18.2 Å². The van der Waals surface area contributed by atoms with Crippen molar-refractivity contribution in [1.29, 1.82) is 0 Å². The maximum atomic E-state index is 13.6. The summed E-state index contributed by atoms with van der Waals surface area (Å²) in [5.41, 5.74) is 1.37. The molecule has 0 saturated heterocycles. The summed E-state index contributed by atoms with van der Waals surface area (Å²) in [5, 5.41) is 16.4. The van der Waals surface area contributed by atoms with Crippen LogP contribution in [0.3, 0.4) is 0 Å². The fourth-order valence-corrected chi connectivity index (χ4v) is 5.09. The third-order valence-electron chi connectivity index (χ3n) is 6.03. The van der Waals surface area contributed by atoms with E-state index in [1.807, 2.05) is 0 Å². The summed E-state index contributed by atoms with van der Waals surface area (Å²) >= 11 is 0. The van der Waals surface area contributed by atoms with E-state index in [9.17, 15) is 27.5 Å². The summed E-state index contributed by atoms with van der Waals surface area (Å²) in [6.45, 7) is 3.28. The minimum Gasteiger partial charge on any atom is -0.476 e. The third kappa shape index (κ3) is 6.60. The Morgan fingerprint density at radius 1 is 1.05 bits per heavy atom. The molecule has 0 aliphatic heterocycles. The predicted octanol–water partition coefficient (Wildman–Crippen LogP) is 4.30. The van der Waals surface area contributed by atoms with Gasteiger partial charge in [0.15, 0.2) is 5.69 Å². The number of carboxylic acid groups (broad SMARTS) is 1. The highest BCUT2D eigenvalue weighted by atomic mass is 32.2. The number of halogens is 1. The van der Waals surface area contributed by atoms with Crippen LogP contribution in [0.15, 0.2) is 71.6 Å². The molecule has 0 spiro atoms. The van der Waals surface area contributed by atoms with Gasteiger partial charge >= 0.3 is 5.97 Å². The first-order valence-electron chi connectivity index (χ1n) is 12.3. The average Bonchev–Trinajstić information content (AvgIpc) is 3.26. The van der Waals surface area contributed by atoms with Crippen molar-refractivity contribution in [3.63, 3.8) is 0 Å². The van der Waals surface area contributed by atoms with Gasteiger partial charge in [0.2, 0.25) is 15.9 Å². The smallest absolute Gasteiger partial charge is 0.356 e. The zero-order chi connectivity index (χ0) is 29.7. The number of nitrogens with one attached hydrogen (secondary N) is 2. The summed E-state index contributed by atoms with van der Waals surface area (Å²) in [4.78, 5) is 24.4. The highest BCUT2D eigenvalue weighted by Crippen LogP contribution is 2.35. The number of aromatic nitrogens is 2. The summed E-state index contributed by atoms with van der Waals surface area (Å²) in [5.74, 6) is -2.57. The number of hydrogen-bond donors (Lipinski definition) is 3. The molecule has 41 heavy (non-hydrogen) atoms. The molecule has 4 aromatic rings. The number of aromatic carboxylic acids is 1. The molecule has 0 aliphatic rings. The van der Waals surface area contributed by atoms with E-state index in [-0.39, 0.29) is 52.3 Å². The molecule has 0 unspecified atom stereocenters. The van der Waals surface area contributed by atoms with Crippen LogP contribution >= 0.6 is 0 Å². The van der Waals surface area contributed by atoms with Crippen LogP contribution in [0.2, 0.25) is 0 Å². The number of methoxy groups -OCH3 is 1. The van der Waals surface area contributed by atoms with Gasteiger partial charge in [-0.15, -0.1) is 0 Å². The van der Waals surface area contributed by atoms with Crippen LogP contribution in [0.1, 0.15) is 32.0 Å². The number of carbonyl (C=O) groups is 2. The van der Waals surface area contributed by atoms with Crippen LogP contribution in [0.4, 0.5) is 10.1 Å². The van der Waals surface area contributed by atoms with Crippen molar-refractivity contribution in [1.82, 2.24) is 14.5 Å². The molecule has 0 saturated carbocycles. The summed E-state index contributed by atoms with van der Waals surface area (Å²) in [7, 11) is -2.80. The van der Waals surface area contributed by atoms with Crippen LogP contribution < -0.4 is 14.8 Å². The lowest BCUT2D eigenvalue weighted by Crippen LogP contribution is -2.27. The molecule has 214 valence electrons. The maximum absolute atomic E-state index is 13.6. The SMILES string of the molecule is COCCNS(=O)(=O)c1cc(NC(=O)c2ccccc2C)ccc1Oc1c(C)c(C(=O)O)nn1-c1ccc(F)cc1. The standard InChI is InChI=1S/C28H27FN4O7S/c1-17-6-4-5-7-22(17)26(34)31-20-10-13-23(24(16-20)41(37,38)30-14-15-39-3)40-27-18(2)25(28(35)36)32-33(27)21-11-8-19(29)9-12-21/h4-13,16,30H,14-15H2,1-3H3,(H,31,34)(H,35,36). The molecule has 1 aromatic heterocycles. The number of sulfonamides is 1. The lowest BCUT2D eigenvalue weighted by molar-refractivity contribution is 0.0689. The molecule has 1 heterocycles. The van der Waals surface area contributed by atoms with E-state index in [1.54, 1.807) is 31.2 Å². The number of anilines is 1. The zero-order valence-corrected chi connectivity index (χ0v) is 23.2. The number of aryl methyl sites for hydroxylation is 1. The quantitative estimate of drug-likeness (QED) is 0.222. The summed E-state index contributed by atoms with van der Waals surface area (Å²) in [6.07, 6.45) is 0. The summed E-state index contributed by atoms with van der Waals surface area (Å²) < 4.78 is 54.8. The van der Waals surface area contributed by atoms with E-state index < -0.39 is 27.7 Å². The molecule has 11 nitrogen and oxygen atoms in total. The topological polar surface area (TPSA) is 149 Å². The average molecular weight is 583 g/mol. The van der Waals surface area contributed by atoms with Crippen molar-refractivity contribution >= 4 is 27.6 Å². The zero-order valence-electron chi connectivity index (χ0n) is 22.3. The lowest BCUT2D eigenvalue weighted by Gasteiger charge is -2.16. The molecule has 0 bridgehead atoms. The lowest BCUT2D eigenvalue weighted by atomic mass is 10.1. The van der Waals surface area contributed by atoms with Gasteiger partial charge in [0.1, 0.15) is 16.5 Å². The monoisotopic (exact) mass is 582 g/mol. The molecule has 0 aliphatic carbocycles. The normalized spacial score (nSPS) is 11.3. The van der Waals surface area contributed by atoms with Gasteiger partial charge < -0.3 is 19.9 Å². The second-order valence-corrected chi connectivity index (χ2v) is 10.6. The number of carbonyl (C=O) groups excluding carboxylic acids is 1. The van der Waals surface area contributed by atoms with Gasteiger partial charge in [-0.2, -0.15) is 9.78 Å².